The predicted octanol–water partition coefficient (Wildman–Crippen LogP) is 3.42. The van der Waals surface area contributed by atoms with Crippen LogP contribution in [0.1, 0.15) is 19.8 Å². The van der Waals surface area contributed by atoms with E-state index in [1.54, 1.807) is 18.2 Å². The molecule has 2 N–H and O–H groups in total. The van der Waals surface area contributed by atoms with Crippen molar-refractivity contribution in [3.05, 3.63) is 30.3 Å². The maximum atomic E-state index is 12.1. The first kappa shape index (κ1) is 15.0. The van der Waals surface area contributed by atoms with Gasteiger partial charge in [0.25, 0.3) is 0 Å². The molecular formula is C14H15F2N3O2. The number of alkyl halides is 2. The molecule has 5 nitrogen and oxygen atoms in total. The van der Waals surface area contributed by atoms with Gasteiger partial charge in [-0.05, 0) is 36.2 Å². The Balaban J connectivity index is 2.05. The van der Waals surface area contributed by atoms with Gasteiger partial charge in [0.2, 0.25) is 5.91 Å². The molecule has 0 bridgehead atoms. The average Bonchev–Trinajstić information content (AvgIpc) is 2.87. The Hall–Kier alpha value is -2.44. The van der Waals surface area contributed by atoms with Crippen LogP contribution >= 0.6 is 0 Å². The Morgan fingerprint density at radius 3 is 2.71 bits per heavy atom. The molecule has 1 aromatic heterocycles. The van der Waals surface area contributed by atoms with Crippen molar-refractivity contribution in [2.24, 2.45) is 0 Å². The zero-order chi connectivity index (χ0) is 15.2. The third kappa shape index (κ3) is 4.27. The van der Waals surface area contributed by atoms with Crippen molar-refractivity contribution < 1.29 is 18.3 Å². The van der Waals surface area contributed by atoms with Crippen LogP contribution in [-0.4, -0.2) is 22.7 Å². The Morgan fingerprint density at radius 2 is 2.10 bits per heavy atom. The van der Waals surface area contributed by atoms with Gasteiger partial charge in [0, 0.05) is 12.5 Å². The van der Waals surface area contributed by atoms with Gasteiger partial charge in [-0.3, -0.25) is 9.89 Å². The van der Waals surface area contributed by atoms with Crippen LogP contribution in [0.3, 0.4) is 0 Å². The number of nitrogens with one attached hydrogen (secondary N) is 2. The standard InChI is InChI=1S/C14H15F2N3O2/c1-2-3-13(20)17-12-8-11(18-19-12)9-4-6-10(7-5-9)21-14(15)16/h4-8,14H,2-3H2,1H3,(H2,17,18,19,20). The highest BCUT2D eigenvalue weighted by Gasteiger charge is 2.08. The molecule has 0 aliphatic heterocycles. The Bertz CT molecular complexity index is 597. The zero-order valence-electron chi connectivity index (χ0n) is 11.4. The summed E-state index contributed by atoms with van der Waals surface area (Å²) in [6, 6.07) is 7.82. The lowest BCUT2D eigenvalue weighted by Crippen LogP contribution is -2.10. The fourth-order valence-corrected chi connectivity index (χ4v) is 1.78. The quantitative estimate of drug-likeness (QED) is 0.858. The van der Waals surface area contributed by atoms with Gasteiger partial charge in [-0.1, -0.05) is 6.92 Å². The first-order chi connectivity index (χ1) is 10.1. The first-order valence-corrected chi connectivity index (χ1v) is 6.49. The smallest absolute Gasteiger partial charge is 0.387 e. The number of nitrogens with zero attached hydrogens (tertiary/aromatic N) is 1. The number of aromatic amines is 1. The summed E-state index contributed by atoms with van der Waals surface area (Å²) in [4.78, 5) is 11.5. The van der Waals surface area contributed by atoms with Crippen molar-refractivity contribution in [1.29, 1.82) is 0 Å². The van der Waals surface area contributed by atoms with E-state index in [2.05, 4.69) is 20.3 Å². The molecule has 0 unspecified atom stereocenters. The fourth-order valence-electron chi connectivity index (χ4n) is 1.78. The summed E-state index contributed by atoms with van der Waals surface area (Å²) in [6.45, 7) is -0.929. The topological polar surface area (TPSA) is 67.0 Å². The molecule has 21 heavy (non-hydrogen) atoms. The molecule has 1 amide bonds. The van der Waals surface area contributed by atoms with Crippen molar-refractivity contribution >= 4 is 11.7 Å². The molecule has 7 heteroatoms. The van der Waals surface area contributed by atoms with Crippen LogP contribution < -0.4 is 10.1 Å². The van der Waals surface area contributed by atoms with E-state index in [0.717, 1.165) is 12.0 Å². The predicted molar refractivity (Wildman–Crippen MR) is 74.2 cm³/mol. The average molecular weight is 295 g/mol. The van der Waals surface area contributed by atoms with E-state index >= 15 is 0 Å². The van der Waals surface area contributed by atoms with Gasteiger partial charge in [0.05, 0.1) is 5.69 Å². The third-order valence-corrected chi connectivity index (χ3v) is 2.71. The second kappa shape index (κ2) is 6.83. The molecule has 112 valence electrons. The SMILES string of the molecule is CCCC(=O)Nc1cc(-c2ccc(OC(F)F)cc2)[nH]n1. The summed E-state index contributed by atoms with van der Waals surface area (Å²) < 4.78 is 28.4. The second-order valence-corrected chi connectivity index (χ2v) is 4.37. The molecule has 0 radical (unpaired) electrons. The number of amides is 1. The van der Waals surface area contributed by atoms with E-state index in [4.69, 9.17) is 0 Å². The van der Waals surface area contributed by atoms with Gasteiger partial charge in [-0.2, -0.15) is 13.9 Å². The van der Waals surface area contributed by atoms with Gasteiger partial charge in [-0.15, -0.1) is 0 Å². The molecule has 0 spiro atoms. The van der Waals surface area contributed by atoms with Gasteiger partial charge in [-0.25, -0.2) is 0 Å². The van der Waals surface area contributed by atoms with E-state index < -0.39 is 6.61 Å². The zero-order valence-corrected chi connectivity index (χ0v) is 11.4. The normalized spacial score (nSPS) is 10.7. The molecule has 0 fully saturated rings. The molecule has 2 rings (SSSR count). The highest BCUT2D eigenvalue weighted by molar-refractivity contribution is 5.90. The number of benzene rings is 1. The summed E-state index contributed by atoms with van der Waals surface area (Å²) in [6.07, 6.45) is 1.19. The number of carbonyl (C=O) groups excluding carboxylic acids is 1. The van der Waals surface area contributed by atoms with E-state index in [-0.39, 0.29) is 11.7 Å². The van der Waals surface area contributed by atoms with Crippen molar-refractivity contribution in [3.63, 3.8) is 0 Å². The van der Waals surface area contributed by atoms with E-state index in [0.29, 0.717) is 17.9 Å². The maximum absolute atomic E-state index is 12.1. The minimum absolute atomic E-state index is 0.0877. The molecule has 0 aliphatic carbocycles. The van der Waals surface area contributed by atoms with Crippen LogP contribution in [0.15, 0.2) is 30.3 Å². The van der Waals surface area contributed by atoms with Gasteiger partial charge >= 0.3 is 6.61 Å². The number of halogens is 2. The monoisotopic (exact) mass is 295 g/mol. The number of aromatic nitrogens is 2. The summed E-state index contributed by atoms with van der Waals surface area (Å²) in [5.74, 6) is 0.414. The lowest BCUT2D eigenvalue weighted by molar-refractivity contribution is -0.116. The largest absolute Gasteiger partial charge is 0.435 e. The minimum atomic E-state index is -2.84. The van der Waals surface area contributed by atoms with Gasteiger partial charge in [0.15, 0.2) is 5.82 Å². The summed E-state index contributed by atoms with van der Waals surface area (Å²) in [7, 11) is 0. The highest BCUT2D eigenvalue weighted by atomic mass is 19.3. The van der Waals surface area contributed by atoms with E-state index in [1.807, 2.05) is 6.92 Å². The number of carbonyl (C=O) groups is 1. The Kier molecular flexibility index (Phi) is 4.86. The molecule has 0 aliphatic rings. The van der Waals surface area contributed by atoms with Gasteiger partial charge < -0.3 is 10.1 Å². The molecule has 1 heterocycles. The molecule has 0 saturated carbocycles. The molecule has 0 atom stereocenters. The lowest BCUT2D eigenvalue weighted by Gasteiger charge is -2.04. The number of hydrogen-bond donors (Lipinski definition) is 2. The van der Waals surface area contributed by atoms with Crippen molar-refractivity contribution in [2.75, 3.05) is 5.32 Å². The van der Waals surface area contributed by atoms with Crippen molar-refractivity contribution in [1.82, 2.24) is 10.2 Å². The molecular weight excluding hydrogens is 280 g/mol. The van der Waals surface area contributed by atoms with Crippen LogP contribution in [0.4, 0.5) is 14.6 Å². The number of H-pyrrole nitrogens is 1. The van der Waals surface area contributed by atoms with Crippen LogP contribution in [-0.2, 0) is 4.79 Å². The highest BCUT2D eigenvalue weighted by Crippen LogP contribution is 2.23. The molecule has 2 aromatic rings. The second-order valence-electron chi connectivity index (χ2n) is 4.37. The van der Waals surface area contributed by atoms with Crippen LogP contribution in [0.5, 0.6) is 5.75 Å². The van der Waals surface area contributed by atoms with Crippen molar-refractivity contribution in [2.45, 2.75) is 26.4 Å². The summed E-state index contributed by atoms with van der Waals surface area (Å²) in [5, 5.41) is 9.42. The van der Waals surface area contributed by atoms with E-state index in [1.165, 1.54) is 12.1 Å². The van der Waals surface area contributed by atoms with Crippen molar-refractivity contribution in [3.8, 4) is 17.0 Å². The molecule has 1 aromatic carbocycles. The molecule has 0 saturated heterocycles. The summed E-state index contributed by atoms with van der Waals surface area (Å²) in [5.41, 5.74) is 1.42. The number of anilines is 1. The van der Waals surface area contributed by atoms with E-state index in [9.17, 15) is 13.6 Å². The minimum Gasteiger partial charge on any atom is -0.435 e. The lowest BCUT2D eigenvalue weighted by atomic mass is 10.1. The summed E-state index contributed by atoms with van der Waals surface area (Å²) >= 11 is 0. The Morgan fingerprint density at radius 1 is 1.38 bits per heavy atom. The first-order valence-electron chi connectivity index (χ1n) is 6.49. The third-order valence-electron chi connectivity index (χ3n) is 2.71. The van der Waals surface area contributed by atoms with Crippen LogP contribution in [0.25, 0.3) is 11.3 Å². The van der Waals surface area contributed by atoms with Crippen LogP contribution in [0, 0.1) is 0 Å². The number of ether oxygens (including phenoxy) is 1. The Labute approximate surface area is 120 Å². The van der Waals surface area contributed by atoms with Crippen LogP contribution in [0.2, 0.25) is 0 Å². The number of rotatable bonds is 6. The fraction of sp³-hybridized carbons (Fsp3) is 0.286. The maximum Gasteiger partial charge on any atom is 0.387 e. The number of hydrogen-bond acceptors (Lipinski definition) is 3. The van der Waals surface area contributed by atoms with Gasteiger partial charge in [0.1, 0.15) is 5.75 Å².